The second-order valence-electron chi connectivity index (χ2n) is 2.63. The van der Waals surface area contributed by atoms with E-state index >= 15 is 0 Å². The van der Waals surface area contributed by atoms with Crippen molar-refractivity contribution in [2.24, 2.45) is 5.16 Å². The smallest absolute Gasteiger partial charge is 0.0765 e. The summed E-state index contributed by atoms with van der Waals surface area (Å²) in [5, 5.41) is 11.4. The maximum atomic E-state index is 8.39. The Hall–Kier alpha value is -1.09. The maximum absolute atomic E-state index is 8.39. The van der Waals surface area contributed by atoms with Crippen molar-refractivity contribution in [2.45, 2.75) is 6.92 Å². The first-order valence-electron chi connectivity index (χ1n) is 3.84. The number of halogens is 1. The second kappa shape index (κ2) is 4.82. The van der Waals surface area contributed by atoms with Gasteiger partial charge in [-0.3, -0.25) is 0 Å². The summed E-state index contributed by atoms with van der Waals surface area (Å²) in [6, 6.07) is 7.88. The Bertz CT molecular complexity index is 327. The Morgan fingerprint density at radius 1 is 1.38 bits per heavy atom. The van der Waals surface area contributed by atoms with Crippen LogP contribution in [-0.2, 0) is 0 Å². The summed E-state index contributed by atoms with van der Waals surface area (Å²) in [5.74, 6) is 0. The van der Waals surface area contributed by atoms with Gasteiger partial charge in [-0.2, -0.15) is 0 Å². The third-order valence-electron chi connectivity index (χ3n) is 1.54. The summed E-state index contributed by atoms with van der Waals surface area (Å²) < 4.78 is 1.05. The molecule has 0 aliphatic rings. The van der Waals surface area contributed by atoms with Gasteiger partial charge in [0.25, 0.3) is 0 Å². The molecule has 0 unspecified atom stereocenters. The SMILES string of the molecule is CC(/C=C/c1ccc(Br)cc1)=N\O. The van der Waals surface area contributed by atoms with Crippen LogP contribution in [0.5, 0.6) is 0 Å². The third-order valence-corrected chi connectivity index (χ3v) is 2.07. The van der Waals surface area contributed by atoms with Crippen LogP contribution in [0, 0.1) is 0 Å². The highest BCUT2D eigenvalue weighted by atomic mass is 79.9. The van der Waals surface area contributed by atoms with Gasteiger partial charge < -0.3 is 5.21 Å². The largest absolute Gasteiger partial charge is 0.411 e. The minimum atomic E-state index is 0.586. The van der Waals surface area contributed by atoms with Crippen molar-refractivity contribution in [2.75, 3.05) is 0 Å². The fraction of sp³-hybridized carbons (Fsp3) is 0.100. The van der Waals surface area contributed by atoms with Gasteiger partial charge in [0.1, 0.15) is 0 Å². The van der Waals surface area contributed by atoms with Crippen molar-refractivity contribution >= 4 is 27.7 Å². The molecule has 0 amide bonds. The van der Waals surface area contributed by atoms with E-state index in [9.17, 15) is 0 Å². The van der Waals surface area contributed by atoms with E-state index in [1.54, 1.807) is 13.0 Å². The van der Waals surface area contributed by atoms with Crippen LogP contribution in [-0.4, -0.2) is 10.9 Å². The molecular formula is C10H10BrNO. The molecule has 13 heavy (non-hydrogen) atoms. The molecule has 0 atom stereocenters. The molecule has 2 nitrogen and oxygen atoms in total. The summed E-state index contributed by atoms with van der Waals surface area (Å²) in [6.07, 6.45) is 3.64. The van der Waals surface area contributed by atoms with E-state index in [1.165, 1.54) is 0 Å². The fourth-order valence-corrected chi connectivity index (χ4v) is 1.09. The normalized spacial score (nSPS) is 12.3. The topological polar surface area (TPSA) is 32.6 Å². The molecule has 0 aromatic heterocycles. The van der Waals surface area contributed by atoms with Crippen molar-refractivity contribution in [3.8, 4) is 0 Å². The molecule has 0 aliphatic carbocycles. The van der Waals surface area contributed by atoms with Crippen LogP contribution in [0.2, 0.25) is 0 Å². The minimum Gasteiger partial charge on any atom is -0.411 e. The Balaban J connectivity index is 2.75. The lowest BCUT2D eigenvalue weighted by Crippen LogP contribution is -1.82. The highest BCUT2D eigenvalue weighted by molar-refractivity contribution is 9.10. The van der Waals surface area contributed by atoms with Gasteiger partial charge in [0.05, 0.1) is 5.71 Å². The van der Waals surface area contributed by atoms with E-state index in [0.29, 0.717) is 5.71 Å². The second-order valence-corrected chi connectivity index (χ2v) is 3.54. The van der Waals surface area contributed by atoms with Crippen LogP contribution in [0.25, 0.3) is 6.08 Å². The highest BCUT2D eigenvalue weighted by Crippen LogP contribution is 2.11. The lowest BCUT2D eigenvalue weighted by atomic mass is 10.2. The molecule has 0 fully saturated rings. The van der Waals surface area contributed by atoms with E-state index in [2.05, 4.69) is 21.1 Å². The summed E-state index contributed by atoms with van der Waals surface area (Å²) >= 11 is 3.35. The molecule has 0 spiro atoms. The zero-order valence-electron chi connectivity index (χ0n) is 7.24. The number of allylic oxidation sites excluding steroid dienone is 1. The monoisotopic (exact) mass is 239 g/mol. The van der Waals surface area contributed by atoms with E-state index in [1.807, 2.05) is 30.3 Å². The van der Waals surface area contributed by atoms with Gasteiger partial charge in [-0.05, 0) is 30.7 Å². The minimum absolute atomic E-state index is 0.586. The number of hydrogen-bond acceptors (Lipinski definition) is 2. The predicted octanol–water partition coefficient (Wildman–Crippen LogP) is 3.31. The van der Waals surface area contributed by atoms with Crippen molar-refractivity contribution in [1.82, 2.24) is 0 Å². The maximum Gasteiger partial charge on any atom is 0.0765 e. The number of benzene rings is 1. The summed E-state index contributed by atoms with van der Waals surface area (Å²) in [5.41, 5.74) is 1.66. The molecule has 0 saturated carbocycles. The van der Waals surface area contributed by atoms with Gasteiger partial charge in [-0.15, -0.1) is 0 Å². The molecule has 0 radical (unpaired) electrons. The summed E-state index contributed by atoms with van der Waals surface area (Å²) in [6.45, 7) is 1.73. The van der Waals surface area contributed by atoms with Crippen molar-refractivity contribution in [3.63, 3.8) is 0 Å². The predicted molar refractivity (Wildman–Crippen MR) is 58.1 cm³/mol. The first-order chi connectivity index (χ1) is 6.22. The van der Waals surface area contributed by atoms with Crippen molar-refractivity contribution in [1.29, 1.82) is 0 Å². The fourth-order valence-electron chi connectivity index (χ4n) is 0.824. The van der Waals surface area contributed by atoms with Crippen molar-refractivity contribution < 1.29 is 5.21 Å². The molecular weight excluding hydrogens is 230 g/mol. The van der Waals surface area contributed by atoms with Crippen LogP contribution < -0.4 is 0 Å². The number of hydrogen-bond donors (Lipinski definition) is 1. The Morgan fingerprint density at radius 2 is 2.00 bits per heavy atom. The molecule has 68 valence electrons. The molecule has 0 saturated heterocycles. The quantitative estimate of drug-likeness (QED) is 0.480. The number of oxime groups is 1. The first-order valence-corrected chi connectivity index (χ1v) is 4.64. The van der Waals surface area contributed by atoms with E-state index in [0.717, 1.165) is 10.0 Å². The van der Waals surface area contributed by atoms with Gasteiger partial charge in [0.15, 0.2) is 0 Å². The molecule has 0 bridgehead atoms. The number of rotatable bonds is 2. The van der Waals surface area contributed by atoms with Gasteiger partial charge in [-0.25, -0.2) is 0 Å². The zero-order chi connectivity index (χ0) is 9.68. The molecule has 1 aromatic rings. The number of nitrogens with zero attached hydrogens (tertiary/aromatic N) is 1. The van der Waals surface area contributed by atoms with E-state index < -0.39 is 0 Å². The molecule has 1 rings (SSSR count). The molecule has 0 aliphatic heterocycles. The molecule has 3 heteroatoms. The summed E-state index contributed by atoms with van der Waals surface area (Å²) in [7, 11) is 0. The van der Waals surface area contributed by atoms with Gasteiger partial charge in [-0.1, -0.05) is 39.3 Å². The highest BCUT2D eigenvalue weighted by Gasteiger charge is 1.87. The first kappa shape index (κ1) is 9.99. The van der Waals surface area contributed by atoms with Crippen LogP contribution in [0.4, 0.5) is 0 Å². The van der Waals surface area contributed by atoms with E-state index in [4.69, 9.17) is 5.21 Å². The van der Waals surface area contributed by atoms with Crippen LogP contribution in [0.3, 0.4) is 0 Å². The molecule has 1 N–H and O–H groups in total. The van der Waals surface area contributed by atoms with Gasteiger partial charge in [0, 0.05) is 4.47 Å². The van der Waals surface area contributed by atoms with Gasteiger partial charge >= 0.3 is 0 Å². The zero-order valence-corrected chi connectivity index (χ0v) is 8.82. The standard InChI is InChI=1S/C10H10BrNO/c1-8(12-13)2-3-9-4-6-10(11)7-5-9/h2-7,13H,1H3/b3-2+,12-8+. The summed E-state index contributed by atoms with van der Waals surface area (Å²) in [4.78, 5) is 0. The molecule has 1 aromatic carbocycles. The Labute approximate surface area is 85.7 Å². The van der Waals surface area contributed by atoms with Crippen LogP contribution in [0.15, 0.2) is 40.0 Å². The Kier molecular flexibility index (Phi) is 3.71. The van der Waals surface area contributed by atoms with Crippen molar-refractivity contribution in [3.05, 3.63) is 40.4 Å². The Morgan fingerprint density at radius 3 is 2.54 bits per heavy atom. The lowest BCUT2D eigenvalue weighted by Gasteiger charge is -1.92. The van der Waals surface area contributed by atoms with Gasteiger partial charge in [0.2, 0.25) is 0 Å². The van der Waals surface area contributed by atoms with Crippen LogP contribution >= 0.6 is 15.9 Å². The average Bonchev–Trinajstić information content (AvgIpc) is 2.16. The average molecular weight is 240 g/mol. The van der Waals surface area contributed by atoms with E-state index in [-0.39, 0.29) is 0 Å². The molecule has 0 heterocycles. The third kappa shape index (κ3) is 3.42. The van der Waals surface area contributed by atoms with Crippen LogP contribution in [0.1, 0.15) is 12.5 Å². The lowest BCUT2D eigenvalue weighted by molar-refractivity contribution is 0.319.